The molecule has 2 fully saturated rings. The number of rotatable bonds is 2. The van der Waals surface area contributed by atoms with E-state index in [4.69, 9.17) is 0 Å². The van der Waals surface area contributed by atoms with Crippen molar-refractivity contribution in [2.75, 3.05) is 13.1 Å². The SMILES string of the molecule is CC1CCCC(N2CC(c3ccccc3)NCC2C)C1. The van der Waals surface area contributed by atoms with Crippen LogP contribution in [-0.2, 0) is 0 Å². The van der Waals surface area contributed by atoms with Gasteiger partial charge in [0.05, 0.1) is 0 Å². The Labute approximate surface area is 123 Å². The molecule has 1 N–H and O–H groups in total. The molecule has 0 spiro atoms. The highest BCUT2D eigenvalue weighted by Gasteiger charge is 2.32. The summed E-state index contributed by atoms with van der Waals surface area (Å²) in [4.78, 5) is 2.78. The fourth-order valence-electron chi connectivity index (χ4n) is 4.01. The third-order valence-electron chi connectivity index (χ3n) is 5.20. The van der Waals surface area contributed by atoms with Crippen LogP contribution in [0.4, 0.5) is 0 Å². The van der Waals surface area contributed by atoms with Crippen molar-refractivity contribution in [2.45, 2.75) is 57.7 Å². The van der Waals surface area contributed by atoms with Crippen LogP contribution in [-0.4, -0.2) is 30.1 Å². The van der Waals surface area contributed by atoms with Crippen LogP contribution in [0, 0.1) is 5.92 Å². The summed E-state index contributed by atoms with van der Waals surface area (Å²) in [5, 5.41) is 3.72. The first-order valence-corrected chi connectivity index (χ1v) is 8.28. The molecule has 1 aliphatic heterocycles. The quantitative estimate of drug-likeness (QED) is 0.885. The number of hydrogen-bond acceptors (Lipinski definition) is 2. The Hall–Kier alpha value is -0.860. The van der Waals surface area contributed by atoms with E-state index in [2.05, 4.69) is 54.4 Å². The van der Waals surface area contributed by atoms with Gasteiger partial charge in [0.15, 0.2) is 0 Å². The van der Waals surface area contributed by atoms with Gasteiger partial charge < -0.3 is 5.32 Å². The lowest BCUT2D eigenvalue weighted by molar-refractivity contribution is 0.0586. The first kappa shape index (κ1) is 14.1. The van der Waals surface area contributed by atoms with E-state index in [1.165, 1.54) is 37.8 Å². The maximum absolute atomic E-state index is 3.72. The van der Waals surface area contributed by atoms with Gasteiger partial charge in [0.25, 0.3) is 0 Å². The minimum absolute atomic E-state index is 0.504. The smallest absolute Gasteiger partial charge is 0.0450 e. The van der Waals surface area contributed by atoms with E-state index in [0.717, 1.165) is 18.5 Å². The maximum atomic E-state index is 3.72. The first-order chi connectivity index (χ1) is 9.74. The summed E-state index contributed by atoms with van der Waals surface area (Å²) in [6.45, 7) is 7.09. The molecule has 1 saturated heterocycles. The van der Waals surface area contributed by atoms with Crippen molar-refractivity contribution >= 4 is 0 Å². The summed E-state index contributed by atoms with van der Waals surface area (Å²) in [6.07, 6.45) is 5.64. The van der Waals surface area contributed by atoms with Gasteiger partial charge in [-0.3, -0.25) is 4.90 Å². The van der Waals surface area contributed by atoms with Crippen molar-refractivity contribution in [3.8, 4) is 0 Å². The third-order valence-corrected chi connectivity index (χ3v) is 5.20. The number of nitrogens with one attached hydrogen (secondary N) is 1. The summed E-state index contributed by atoms with van der Waals surface area (Å²) in [6, 6.07) is 12.9. The van der Waals surface area contributed by atoms with Gasteiger partial charge in [0.1, 0.15) is 0 Å². The van der Waals surface area contributed by atoms with Gasteiger partial charge in [-0.25, -0.2) is 0 Å². The number of benzene rings is 1. The molecule has 0 aromatic heterocycles. The van der Waals surface area contributed by atoms with Crippen LogP contribution in [0.25, 0.3) is 0 Å². The molecule has 0 amide bonds. The molecule has 4 atom stereocenters. The molecule has 0 radical (unpaired) electrons. The van der Waals surface area contributed by atoms with Crippen molar-refractivity contribution in [2.24, 2.45) is 5.92 Å². The average Bonchev–Trinajstić information content (AvgIpc) is 2.48. The van der Waals surface area contributed by atoms with Gasteiger partial charge in [0.2, 0.25) is 0 Å². The zero-order chi connectivity index (χ0) is 13.9. The van der Waals surface area contributed by atoms with Crippen molar-refractivity contribution in [1.29, 1.82) is 0 Å². The Balaban J connectivity index is 1.70. The zero-order valence-corrected chi connectivity index (χ0v) is 12.9. The normalized spacial score (nSPS) is 35.9. The molecule has 2 aliphatic rings. The van der Waals surface area contributed by atoms with Gasteiger partial charge in [-0.05, 0) is 31.2 Å². The summed E-state index contributed by atoms with van der Waals surface area (Å²) in [5.74, 6) is 0.908. The van der Waals surface area contributed by atoms with E-state index in [1.807, 2.05) is 0 Å². The predicted octanol–water partition coefficient (Wildman–Crippen LogP) is 3.60. The van der Waals surface area contributed by atoms with Crippen LogP contribution in [0.1, 0.15) is 51.1 Å². The highest BCUT2D eigenvalue weighted by atomic mass is 15.3. The Morgan fingerprint density at radius 3 is 2.65 bits per heavy atom. The molecular formula is C18H28N2. The number of piperazine rings is 1. The van der Waals surface area contributed by atoms with Gasteiger partial charge in [-0.15, -0.1) is 0 Å². The molecule has 3 rings (SSSR count). The van der Waals surface area contributed by atoms with E-state index < -0.39 is 0 Å². The van der Waals surface area contributed by atoms with E-state index in [0.29, 0.717) is 12.1 Å². The third kappa shape index (κ3) is 3.07. The molecule has 1 aromatic rings. The summed E-state index contributed by atoms with van der Waals surface area (Å²) in [5.41, 5.74) is 1.44. The monoisotopic (exact) mass is 272 g/mol. The molecule has 20 heavy (non-hydrogen) atoms. The summed E-state index contributed by atoms with van der Waals surface area (Å²) in [7, 11) is 0. The highest BCUT2D eigenvalue weighted by molar-refractivity contribution is 5.20. The number of nitrogens with zero attached hydrogens (tertiary/aromatic N) is 1. The second-order valence-electron chi connectivity index (χ2n) is 6.84. The van der Waals surface area contributed by atoms with Crippen LogP contribution in [0.15, 0.2) is 30.3 Å². The zero-order valence-electron chi connectivity index (χ0n) is 12.9. The van der Waals surface area contributed by atoms with Gasteiger partial charge in [0, 0.05) is 31.2 Å². The second-order valence-corrected chi connectivity index (χ2v) is 6.84. The lowest BCUT2D eigenvalue weighted by Crippen LogP contribution is -2.55. The predicted molar refractivity (Wildman–Crippen MR) is 84.8 cm³/mol. The molecule has 1 saturated carbocycles. The standard InChI is InChI=1S/C18H28N2/c1-14-7-6-10-17(11-14)20-13-18(19-12-15(20)2)16-8-4-3-5-9-16/h3-5,8-9,14-15,17-19H,6-7,10-13H2,1-2H3. The molecule has 1 aliphatic carbocycles. The first-order valence-electron chi connectivity index (χ1n) is 8.28. The van der Waals surface area contributed by atoms with Crippen LogP contribution in [0.2, 0.25) is 0 Å². The van der Waals surface area contributed by atoms with Crippen molar-refractivity contribution in [3.05, 3.63) is 35.9 Å². The highest BCUT2D eigenvalue weighted by Crippen LogP contribution is 2.31. The van der Waals surface area contributed by atoms with E-state index in [-0.39, 0.29) is 0 Å². The van der Waals surface area contributed by atoms with Crippen molar-refractivity contribution < 1.29 is 0 Å². The van der Waals surface area contributed by atoms with Crippen LogP contribution in [0.5, 0.6) is 0 Å². The molecule has 0 bridgehead atoms. The Bertz CT molecular complexity index is 417. The average molecular weight is 272 g/mol. The lowest BCUT2D eigenvalue weighted by Gasteiger charge is -2.45. The van der Waals surface area contributed by atoms with Crippen LogP contribution >= 0.6 is 0 Å². The van der Waals surface area contributed by atoms with Crippen molar-refractivity contribution in [3.63, 3.8) is 0 Å². The molecule has 2 nitrogen and oxygen atoms in total. The Morgan fingerprint density at radius 1 is 1.10 bits per heavy atom. The lowest BCUT2D eigenvalue weighted by atomic mass is 9.85. The molecule has 2 heteroatoms. The molecule has 4 unspecified atom stereocenters. The maximum Gasteiger partial charge on any atom is 0.0450 e. The fourth-order valence-corrected chi connectivity index (χ4v) is 4.01. The van der Waals surface area contributed by atoms with Gasteiger partial charge in [-0.2, -0.15) is 0 Å². The second kappa shape index (κ2) is 6.28. The Kier molecular flexibility index (Phi) is 4.42. The fraction of sp³-hybridized carbons (Fsp3) is 0.667. The van der Waals surface area contributed by atoms with Crippen LogP contribution in [0.3, 0.4) is 0 Å². The Morgan fingerprint density at radius 2 is 1.90 bits per heavy atom. The summed E-state index contributed by atoms with van der Waals surface area (Å²) < 4.78 is 0. The molecular weight excluding hydrogens is 244 g/mol. The minimum Gasteiger partial charge on any atom is -0.307 e. The molecule has 110 valence electrons. The van der Waals surface area contributed by atoms with Gasteiger partial charge >= 0.3 is 0 Å². The van der Waals surface area contributed by atoms with Crippen LogP contribution < -0.4 is 5.32 Å². The van der Waals surface area contributed by atoms with Gasteiger partial charge in [-0.1, -0.05) is 50.1 Å². The molecule has 1 aromatic carbocycles. The largest absolute Gasteiger partial charge is 0.307 e. The topological polar surface area (TPSA) is 15.3 Å². The van der Waals surface area contributed by atoms with E-state index >= 15 is 0 Å². The van der Waals surface area contributed by atoms with Crippen molar-refractivity contribution in [1.82, 2.24) is 10.2 Å². The van der Waals surface area contributed by atoms with E-state index in [1.54, 1.807) is 0 Å². The summed E-state index contributed by atoms with van der Waals surface area (Å²) >= 11 is 0. The number of hydrogen-bond donors (Lipinski definition) is 1. The van der Waals surface area contributed by atoms with E-state index in [9.17, 15) is 0 Å². The molecule has 1 heterocycles. The minimum atomic E-state index is 0.504.